The fourth-order valence-corrected chi connectivity index (χ4v) is 7.94. The van der Waals surface area contributed by atoms with Gasteiger partial charge in [-0.1, -0.05) is 0 Å². The van der Waals surface area contributed by atoms with Gasteiger partial charge in [0.1, 0.15) is 18.6 Å². The fraction of sp³-hybridized carbons (Fsp3) is 0.244. The molecule has 13 N–H and O–H groups in total. The summed E-state index contributed by atoms with van der Waals surface area (Å²) in [5.74, 6) is -31.5. The Labute approximate surface area is 374 Å². The van der Waals surface area contributed by atoms with Gasteiger partial charge >= 0.3 is 41.8 Å². The molecule has 0 aromatic heterocycles. The van der Waals surface area contributed by atoms with Crippen LogP contribution in [-0.2, 0) is 42.8 Å². The van der Waals surface area contributed by atoms with Crippen LogP contribution in [0.1, 0.15) is 59.3 Å². The number of aliphatic carboxylic acids is 1. The molecule has 0 spiro atoms. The van der Waals surface area contributed by atoms with E-state index in [1.807, 2.05) is 0 Å². The summed E-state index contributed by atoms with van der Waals surface area (Å²) in [6.07, 6.45) is -16.0. The molecule has 1 fully saturated rings. The molecule has 4 aliphatic heterocycles. The van der Waals surface area contributed by atoms with Crippen molar-refractivity contribution in [3.8, 4) is 80.1 Å². The van der Waals surface area contributed by atoms with Gasteiger partial charge < -0.3 is 99.5 Å². The van der Waals surface area contributed by atoms with Crippen LogP contribution in [0.3, 0.4) is 0 Å². The molecule has 1 unspecified atom stereocenters. The number of phenolic OH excluding ortho intramolecular Hbond substituents is 11. The van der Waals surface area contributed by atoms with Gasteiger partial charge in [0, 0.05) is 16.7 Å². The van der Waals surface area contributed by atoms with Crippen molar-refractivity contribution in [2.45, 2.75) is 49.1 Å². The van der Waals surface area contributed by atoms with E-state index in [2.05, 4.69) is 0 Å². The van der Waals surface area contributed by atoms with Gasteiger partial charge in [-0.2, -0.15) is 0 Å². The zero-order valence-electron chi connectivity index (χ0n) is 33.4. The van der Waals surface area contributed by atoms with Gasteiger partial charge in [-0.05, 0) is 36.8 Å². The van der Waals surface area contributed by atoms with Crippen molar-refractivity contribution in [2.75, 3.05) is 6.61 Å². The van der Waals surface area contributed by atoms with Crippen LogP contribution < -0.4 is 4.74 Å². The van der Waals surface area contributed by atoms with E-state index in [4.69, 9.17) is 33.2 Å². The molecular formula is C41H30O27. The number of cyclic esters (lactones) is 1. The molecule has 1 saturated heterocycles. The first kappa shape index (κ1) is 45.5. The second-order valence-corrected chi connectivity index (χ2v) is 15.2. The molecular weight excluding hydrogens is 924 g/mol. The molecule has 4 heterocycles. The van der Waals surface area contributed by atoms with Crippen molar-refractivity contribution in [1.82, 2.24) is 0 Å². The molecule has 0 amide bonds. The number of benzene rings is 4. The van der Waals surface area contributed by atoms with E-state index in [0.29, 0.717) is 30.3 Å². The Morgan fingerprint density at radius 3 is 1.71 bits per heavy atom. The minimum atomic E-state index is -2.56. The number of carboxylic acids is 1. The molecule has 4 aromatic carbocycles. The summed E-state index contributed by atoms with van der Waals surface area (Å²) in [6, 6.07) is 2.41. The van der Waals surface area contributed by atoms with Crippen LogP contribution in [-0.4, -0.2) is 152 Å². The van der Waals surface area contributed by atoms with Crippen molar-refractivity contribution in [2.24, 2.45) is 5.92 Å². The molecule has 8 atom stereocenters. The first-order valence-corrected chi connectivity index (χ1v) is 19.2. The Kier molecular flexibility index (Phi) is 11.0. The molecule has 0 radical (unpaired) electrons. The van der Waals surface area contributed by atoms with Crippen molar-refractivity contribution in [3.63, 3.8) is 0 Å². The van der Waals surface area contributed by atoms with E-state index < -0.39 is 211 Å². The van der Waals surface area contributed by atoms with E-state index in [9.17, 15) is 99.9 Å². The first-order valence-electron chi connectivity index (χ1n) is 19.2. The summed E-state index contributed by atoms with van der Waals surface area (Å²) in [4.78, 5) is 96.9. The predicted molar refractivity (Wildman–Crippen MR) is 206 cm³/mol. The van der Waals surface area contributed by atoms with Crippen molar-refractivity contribution in [1.29, 1.82) is 0 Å². The van der Waals surface area contributed by atoms with Gasteiger partial charge in [-0.3, -0.25) is 9.59 Å². The normalized spacial score (nSPS) is 23.5. The number of aromatic hydroxyl groups is 11. The molecule has 27 heteroatoms. The highest BCUT2D eigenvalue weighted by atomic mass is 16.7. The number of carbonyl (C=O) groups is 7. The minimum absolute atomic E-state index is 0.365. The van der Waals surface area contributed by atoms with Crippen molar-refractivity contribution in [3.05, 3.63) is 58.1 Å². The molecule has 4 bridgehead atoms. The average Bonchev–Trinajstić information content (AvgIpc) is 3.62. The quantitative estimate of drug-likeness (QED) is 0.0542. The highest BCUT2D eigenvalue weighted by molar-refractivity contribution is 6.08. The van der Waals surface area contributed by atoms with Crippen molar-refractivity contribution < 1.29 is 133 Å². The van der Waals surface area contributed by atoms with Crippen molar-refractivity contribution >= 4 is 41.8 Å². The number of aliphatic hydroxyl groups is 1. The number of rotatable bonds is 5. The van der Waals surface area contributed by atoms with Crippen LogP contribution in [0.25, 0.3) is 11.1 Å². The number of hydrogen-bond donors (Lipinski definition) is 13. The molecule has 356 valence electrons. The zero-order valence-corrected chi connectivity index (χ0v) is 33.4. The lowest BCUT2D eigenvalue weighted by atomic mass is 9.81. The summed E-state index contributed by atoms with van der Waals surface area (Å²) < 4.78 is 39.0. The monoisotopic (exact) mass is 954 g/mol. The number of ether oxygens (including phenoxy) is 7. The van der Waals surface area contributed by atoms with Crippen LogP contribution in [0, 0.1) is 5.92 Å². The van der Waals surface area contributed by atoms with E-state index in [0.717, 1.165) is 0 Å². The molecule has 8 rings (SSSR count). The number of esters is 6. The van der Waals surface area contributed by atoms with Gasteiger partial charge in [-0.25, -0.2) is 24.0 Å². The molecule has 4 aliphatic rings. The smallest absolute Gasteiger partial charge is 0.340 e. The maximum atomic E-state index is 14.6. The lowest BCUT2D eigenvalue weighted by Gasteiger charge is -2.44. The van der Waals surface area contributed by atoms with Crippen LogP contribution >= 0.6 is 0 Å². The summed E-state index contributed by atoms with van der Waals surface area (Å²) >= 11 is 0. The largest absolute Gasteiger partial charge is 0.504 e. The standard InChI is InChI=1S/C41H30O27/c42-13-1-8(2-14(43)24(13)48)35(56)68-41-33-32-30(64-39(60)12(6-18(47)34(54)55)23-22-11(38(59)67-33)5-17(46)27(51)31(22)65-40(23)61)19(63-41)7-62-36(57)9-3-15(44)25(49)28(52)20(9)21-10(37(58)66-32)4-16(45)26(50)29(21)53/h1-5,12,18-19,23,30,32-33,41-53H,6-7H2,(H,54,55)/t12-,18?,19+,23-,30+,32-,33+,41-/m0/s1. The molecule has 27 nitrogen and oxygen atoms in total. The summed E-state index contributed by atoms with van der Waals surface area (Å²) in [6.45, 7) is -1.30. The predicted octanol–water partition coefficient (Wildman–Crippen LogP) is -0.00170. The number of aliphatic hydroxyl groups excluding tert-OH is 1. The van der Waals surface area contributed by atoms with Gasteiger partial charge in [0.25, 0.3) is 0 Å². The van der Waals surface area contributed by atoms with Gasteiger partial charge in [-0.15, -0.1) is 0 Å². The maximum absolute atomic E-state index is 14.6. The lowest BCUT2D eigenvalue weighted by Crippen LogP contribution is -2.63. The SMILES string of the molecule is O=C(O[C@@H]1O[C@@H]2COC(=O)c3cc(O)c(O)c(O)c3-c3c(cc(O)c(O)c3O)C(=O)O[C@@H]3[C@H]1OC(=O)c1cc(O)c(O)c4c1[C@@H](C(=O)O4)[C@H](CC(O)C(=O)O)C(=O)O[C@@H]32)c1cc(O)c(O)c(O)c1. The molecule has 4 aromatic rings. The third kappa shape index (κ3) is 7.31. The highest BCUT2D eigenvalue weighted by Crippen LogP contribution is 2.55. The fourth-order valence-electron chi connectivity index (χ4n) is 7.94. The maximum Gasteiger partial charge on any atom is 0.340 e. The number of hydrogen-bond acceptors (Lipinski definition) is 26. The topological polar surface area (TPSA) is 447 Å². The van der Waals surface area contributed by atoms with E-state index in [1.54, 1.807) is 0 Å². The van der Waals surface area contributed by atoms with Gasteiger partial charge in [0.2, 0.25) is 29.6 Å². The Hall–Kier alpha value is -9.11. The molecule has 68 heavy (non-hydrogen) atoms. The number of carbonyl (C=O) groups excluding carboxylic acids is 6. The lowest BCUT2D eigenvalue weighted by molar-refractivity contribution is -0.287. The Morgan fingerprint density at radius 2 is 1.12 bits per heavy atom. The third-order valence-electron chi connectivity index (χ3n) is 11.2. The molecule has 0 aliphatic carbocycles. The number of phenols is 11. The van der Waals surface area contributed by atoms with Crippen LogP contribution in [0.15, 0.2) is 30.3 Å². The first-order chi connectivity index (χ1) is 32.0. The zero-order chi connectivity index (χ0) is 49.5. The van der Waals surface area contributed by atoms with Gasteiger partial charge in [0.15, 0.2) is 70.1 Å². The Balaban J connectivity index is 1.38. The molecule has 0 saturated carbocycles. The van der Waals surface area contributed by atoms with Crippen LogP contribution in [0.5, 0.6) is 69.0 Å². The summed E-state index contributed by atoms with van der Waals surface area (Å²) in [5, 5.41) is 136. The van der Waals surface area contributed by atoms with Gasteiger partial charge in [0.05, 0.1) is 28.2 Å². The summed E-state index contributed by atoms with van der Waals surface area (Å²) in [5.41, 5.74) is -6.92. The van der Waals surface area contributed by atoms with Crippen LogP contribution in [0.4, 0.5) is 0 Å². The average molecular weight is 955 g/mol. The summed E-state index contributed by atoms with van der Waals surface area (Å²) in [7, 11) is 0. The van der Waals surface area contributed by atoms with E-state index in [1.165, 1.54) is 0 Å². The van der Waals surface area contributed by atoms with Crippen LogP contribution in [0.2, 0.25) is 0 Å². The number of carboxylic acid groups (broad SMARTS) is 1. The highest BCUT2D eigenvalue weighted by Gasteiger charge is 2.58. The second-order valence-electron chi connectivity index (χ2n) is 15.2. The second kappa shape index (κ2) is 16.4. The Morgan fingerprint density at radius 1 is 0.603 bits per heavy atom. The number of fused-ring (bicyclic) bond motifs is 3. The van der Waals surface area contributed by atoms with E-state index in [-0.39, 0.29) is 0 Å². The van der Waals surface area contributed by atoms with E-state index >= 15 is 0 Å². The Bertz CT molecular complexity index is 2900. The third-order valence-corrected chi connectivity index (χ3v) is 11.2. The minimum Gasteiger partial charge on any atom is -0.504 e.